The van der Waals surface area contributed by atoms with Gasteiger partial charge < -0.3 is 19.7 Å². The number of aryl methyl sites for hydroxylation is 1. The van der Waals surface area contributed by atoms with Gasteiger partial charge in [0.25, 0.3) is 5.91 Å². The van der Waals surface area contributed by atoms with E-state index in [0.29, 0.717) is 36.7 Å². The van der Waals surface area contributed by atoms with Crippen molar-refractivity contribution >= 4 is 23.2 Å². The molecular weight excluding hydrogens is 332 g/mol. The predicted octanol–water partition coefficient (Wildman–Crippen LogP) is 3.15. The van der Waals surface area contributed by atoms with E-state index < -0.39 is 0 Å². The van der Waals surface area contributed by atoms with Crippen molar-refractivity contribution in [3.63, 3.8) is 0 Å². The third-order valence-corrected chi connectivity index (χ3v) is 4.04. The molecule has 0 saturated carbocycles. The van der Waals surface area contributed by atoms with Crippen molar-refractivity contribution in [3.8, 4) is 11.5 Å². The number of carbonyl (C=O) groups is 2. The fourth-order valence-corrected chi connectivity index (χ4v) is 2.78. The normalized spacial score (nSPS) is 13.0. The van der Waals surface area contributed by atoms with Crippen LogP contribution < -0.4 is 19.7 Å². The molecule has 0 aliphatic carbocycles. The highest BCUT2D eigenvalue weighted by atomic mass is 16.5. The van der Waals surface area contributed by atoms with Gasteiger partial charge in [0.15, 0.2) is 6.61 Å². The Morgan fingerprint density at radius 2 is 2.00 bits per heavy atom. The van der Waals surface area contributed by atoms with Gasteiger partial charge in [0.1, 0.15) is 11.5 Å². The van der Waals surface area contributed by atoms with Gasteiger partial charge in [0.05, 0.1) is 12.3 Å². The van der Waals surface area contributed by atoms with Crippen LogP contribution in [0.1, 0.15) is 18.9 Å². The molecule has 3 rings (SSSR count). The van der Waals surface area contributed by atoms with Crippen LogP contribution >= 0.6 is 0 Å². The number of hydrogen-bond donors (Lipinski definition) is 1. The Kier molecular flexibility index (Phi) is 5.41. The highest BCUT2D eigenvalue weighted by Gasteiger charge is 2.25. The van der Waals surface area contributed by atoms with Crippen molar-refractivity contribution in [2.75, 3.05) is 30.0 Å². The number of anilines is 2. The van der Waals surface area contributed by atoms with E-state index in [1.165, 1.54) is 12.5 Å². The average molecular weight is 354 g/mol. The molecule has 136 valence electrons. The van der Waals surface area contributed by atoms with Crippen LogP contribution in [0.5, 0.6) is 11.5 Å². The topological polar surface area (TPSA) is 67.9 Å². The van der Waals surface area contributed by atoms with Gasteiger partial charge in [-0.05, 0) is 43.7 Å². The Morgan fingerprint density at radius 3 is 2.73 bits per heavy atom. The molecule has 6 heteroatoms. The number of fused-ring (bicyclic) bond motifs is 1. The summed E-state index contributed by atoms with van der Waals surface area (Å²) < 4.78 is 11.2. The van der Waals surface area contributed by atoms with E-state index in [2.05, 4.69) is 5.32 Å². The van der Waals surface area contributed by atoms with Crippen molar-refractivity contribution in [2.45, 2.75) is 20.3 Å². The van der Waals surface area contributed by atoms with E-state index in [1.54, 1.807) is 23.1 Å². The smallest absolute Gasteiger partial charge is 0.265 e. The van der Waals surface area contributed by atoms with Crippen molar-refractivity contribution < 1.29 is 19.1 Å². The molecule has 0 radical (unpaired) electrons. The number of carbonyl (C=O) groups excluding carboxylic acids is 2. The molecule has 0 fully saturated rings. The van der Waals surface area contributed by atoms with E-state index in [0.717, 1.165) is 5.75 Å². The molecule has 0 spiro atoms. The number of nitrogens with zero attached hydrogens (tertiary/aromatic N) is 1. The van der Waals surface area contributed by atoms with Crippen LogP contribution in [0, 0.1) is 6.92 Å². The van der Waals surface area contributed by atoms with Crippen LogP contribution in [0.25, 0.3) is 0 Å². The third-order valence-electron chi connectivity index (χ3n) is 4.04. The standard InChI is InChI=1S/C20H22N2O4/c1-14-4-7-17(8-5-14)25-11-3-10-22-18-12-16(21-15(2)23)6-9-19(18)26-13-20(22)24/h4-9,12H,3,10-11,13H2,1-2H3,(H,21,23). The molecule has 1 N–H and O–H groups in total. The maximum atomic E-state index is 12.3. The fourth-order valence-electron chi connectivity index (χ4n) is 2.78. The first-order valence-electron chi connectivity index (χ1n) is 8.57. The molecule has 1 aliphatic heterocycles. The monoisotopic (exact) mass is 354 g/mol. The molecule has 2 aromatic rings. The fraction of sp³-hybridized carbons (Fsp3) is 0.300. The number of benzene rings is 2. The number of nitrogens with one attached hydrogen (secondary N) is 1. The molecule has 2 amide bonds. The Balaban J connectivity index is 1.63. The van der Waals surface area contributed by atoms with Crippen LogP contribution in [-0.4, -0.2) is 31.6 Å². The molecule has 1 aliphatic rings. The Bertz CT molecular complexity index is 802. The van der Waals surface area contributed by atoms with Gasteiger partial charge >= 0.3 is 0 Å². The van der Waals surface area contributed by atoms with Crippen LogP contribution in [0.3, 0.4) is 0 Å². The molecule has 0 aromatic heterocycles. The van der Waals surface area contributed by atoms with Crippen LogP contribution in [0.4, 0.5) is 11.4 Å². The summed E-state index contributed by atoms with van der Waals surface area (Å²) in [6.45, 7) is 4.52. The lowest BCUT2D eigenvalue weighted by Crippen LogP contribution is -2.39. The summed E-state index contributed by atoms with van der Waals surface area (Å²) in [5.41, 5.74) is 2.49. The second-order valence-electron chi connectivity index (χ2n) is 6.21. The minimum absolute atomic E-state index is 0.0191. The van der Waals surface area contributed by atoms with Gasteiger partial charge in [-0.2, -0.15) is 0 Å². The SMILES string of the molecule is CC(=O)Nc1ccc2c(c1)N(CCCOc1ccc(C)cc1)C(=O)CO2. The van der Waals surface area contributed by atoms with E-state index >= 15 is 0 Å². The molecule has 26 heavy (non-hydrogen) atoms. The molecule has 0 unspecified atom stereocenters. The highest BCUT2D eigenvalue weighted by Crippen LogP contribution is 2.34. The molecule has 0 saturated heterocycles. The van der Waals surface area contributed by atoms with Crippen molar-refractivity contribution in [2.24, 2.45) is 0 Å². The van der Waals surface area contributed by atoms with Gasteiger partial charge in [-0.15, -0.1) is 0 Å². The quantitative estimate of drug-likeness (QED) is 0.809. The summed E-state index contributed by atoms with van der Waals surface area (Å²) in [7, 11) is 0. The van der Waals surface area contributed by atoms with Gasteiger partial charge in [-0.25, -0.2) is 0 Å². The maximum Gasteiger partial charge on any atom is 0.265 e. The van der Waals surface area contributed by atoms with Gasteiger partial charge in [-0.1, -0.05) is 17.7 Å². The van der Waals surface area contributed by atoms with E-state index in [-0.39, 0.29) is 18.4 Å². The van der Waals surface area contributed by atoms with Crippen LogP contribution in [-0.2, 0) is 9.59 Å². The average Bonchev–Trinajstić information content (AvgIpc) is 2.61. The Labute approximate surface area is 152 Å². The lowest BCUT2D eigenvalue weighted by Gasteiger charge is -2.29. The molecular formula is C20H22N2O4. The second kappa shape index (κ2) is 7.91. The molecule has 6 nitrogen and oxygen atoms in total. The maximum absolute atomic E-state index is 12.3. The lowest BCUT2D eigenvalue weighted by atomic mass is 10.2. The zero-order chi connectivity index (χ0) is 18.5. The van der Waals surface area contributed by atoms with Crippen LogP contribution in [0.2, 0.25) is 0 Å². The van der Waals surface area contributed by atoms with E-state index in [9.17, 15) is 9.59 Å². The van der Waals surface area contributed by atoms with Crippen molar-refractivity contribution in [1.29, 1.82) is 0 Å². The summed E-state index contributed by atoms with van der Waals surface area (Å²) >= 11 is 0. The minimum atomic E-state index is -0.161. The number of ether oxygens (including phenoxy) is 2. The number of amides is 2. The lowest BCUT2D eigenvalue weighted by molar-refractivity contribution is -0.121. The van der Waals surface area contributed by atoms with Gasteiger partial charge in [0.2, 0.25) is 5.91 Å². The summed E-state index contributed by atoms with van der Waals surface area (Å²) in [6, 6.07) is 13.2. The Hall–Kier alpha value is -3.02. The zero-order valence-electron chi connectivity index (χ0n) is 15.0. The molecule has 2 aromatic carbocycles. The summed E-state index contributed by atoms with van der Waals surface area (Å²) in [5.74, 6) is 1.19. The molecule has 1 heterocycles. The predicted molar refractivity (Wildman–Crippen MR) is 99.9 cm³/mol. The minimum Gasteiger partial charge on any atom is -0.494 e. The van der Waals surface area contributed by atoms with E-state index in [4.69, 9.17) is 9.47 Å². The molecule has 0 bridgehead atoms. The highest BCUT2D eigenvalue weighted by molar-refractivity contribution is 5.99. The number of hydrogen-bond acceptors (Lipinski definition) is 4. The van der Waals surface area contributed by atoms with Gasteiger partial charge in [0, 0.05) is 19.2 Å². The van der Waals surface area contributed by atoms with Crippen LogP contribution in [0.15, 0.2) is 42.5 Å². The summed E-state index contributed by atoms with van der Waals surface area (Å²) in [6.07, 6.45) is 0.684. The first kappa shape index (κ1) is 17.8. The summed E-state index contributed by atoms with van der Waals surface area (Å²) in [5, 5.41) is 2.73. The van der Waals surface area contributed by atoms with E-state index in [1.807, 2.05) is 31.2 Å². The van der Waals surface area contributed by atoms with Gasteiger partial charge in [-0.3, -0.25) is 9.59 Å². The Morgan fingerprint density at radius 1 is 1.23 bits per heavy atom. The second-order valence-corrected chi connectivity index (χ2v) is 6.21. The third kappa shape index (κ3) is 4.33. The number of rotatable bonds is 6. The largest absolute Gasteiger partial charge is 0.494 e. The first-order chi connectivity index (χ1) is 12.5. The van der Waals surface area contributed by atoms with Crippen molar-refractivity contribution in [3.05, 3.63) is 48.0 Å². The summed E-state index contributed by atoms with van der Waals surface area (Å²) in [4.78, 5) is 25.2. The molecule has 0 atom stereocenters. The first-order valence-corrected chi connectivity index (χ1v) is 8.57. The van der Waals surface area contributed by atoms with Crippen molar-refractivity contribution in [1.82, 2.24) is 0 Å². The zero-order valence-corrected chi connectivity index (χ0v) is 15.0.